The van der Waals surface area contributed by atoms with Crippen LogP contribution in [0, 0.1) is 6.92 Å². The number of aromatic nitrogens is 2. The van der Waals surface area contributed by atoms with E-state index in [4.69, 9.17) is 4.74 Å². The highest BCUT2D eigenvalue weighted by molar-refractivity contribution is 5.58. The Balaban J connectivity index is 1.70. The van der Waals surface area contributed by atoms with E-state index >= 15 is 0 Å². The summed E-state index contributed by atoms with van der Waals surface area (Å²) in [5, 5.41) is 3.44. The average molecular weight is 257 g/mol. The molecule has 0 aliphatic carbocycles. The molecule has 2 N–H and O–H groups in total. The summed E-state index contributed by atoms with van der Waals surface area (Å²) in [6.45, 7) is 4.59. The number of imidazole rings is 1. The molecule has 1 saturated heterocycles. The van der Waals surface area contributed by atoms with E-state index in [1.165, 1.54) is 11.1 Å². The fourth-order valence-electron chi connectivity index (χ4n) is 2.33. The first-order valence-corrected chi connectivity index (χ1v) is 6.73. The third-order valence-corrected chi connectivity index (χ3v) is 3.43. The molecule has 3 rings (SSSR count). The number of nitrogens with zero attached hydrogens (tertiary/aromatic N) is 1. The predicted octanol–water partition coefficient (Wildman–Crippen LogP) is 1.92. The van der Waals surface area contributed by atoms with Gasteiger partial charge in [0.05, 0.1) is 25.1 Å². The number of hydrogen-bond donors (Lipinski definition) is 2. The second-order valence-corrected chi connectivity index (χ2v) is 5.04. The molecule has 4 nitrogen and oxygen atoms in total. The Morgan fingerprint density at radius 1 is 1.32 bits per heavy atom. The van der Waals surface area contributed by atoms with E-state index in [9.17, 15) is 0 Å². The molecule has 0 spiro atoms. The van der Waals surface area contributed by atoms with Crippen molar-refractivity contribution in [2.45, 2.75) is 19.4 Å². The van der Waals surface area contributed by atoms with Crippen LogP contribution in [0.1, 0.15) is 11.4 Å². The number of aryl methyl sites for hydroxylation is 1. The maximum Gasteiger partial charge on any atom is 0.108 e. The highest BCUT2D eigenvalue weighted by Gasteiger charge is 2.15. The van der Waals surface area contributed by atoms with Crippen LogP contribution in [0.4, 0.5) is 0 Å². The lowest BCUT2D eigenvalue weighted by Crippen LogP contribution is -2.42. The number of H-pyrrole nitrogens is 1. The minimum atomic E-state index is 0.366. The van der Waals surface area contributed by atoms with Crippen LogP contribution in [0.2, 0.25) is 0 Å². The van der Waals surface area contributed by atoms with Crippen LogP contribution in [0.15, 0.2) is 30.5 Å². The van der Waals surface area contributed by atoms with Gasteiger partial charge in [0.1, 0.15) is 5.82 Å². The van der Waals surface area contributed by atoms with Crippen molar-refractivity contribution in [2.75, 3.05) is 19.8 Å². The summed E-state index contributed by atoms with van der Waals surface area (Å²) in [5.41, 5.74) is 3.52. The lowest BCUT2D eigenvalue weighted by atomic mass is 10.1. The van der Waals surface area contributed by atoms with Gasteiger partial charge in [0.2, 0.25) is 0 Å². The van der Waals surface area contributed by atoms with Crippen molar-refractivity contribution in [1.29, 1.82) is 0 Å². The van der Waals surface area contributed by atoms with E-state index in [2.05, 4.69) is 46.5 Å². The average Bonchev–Trinajstić information content (AvgIpc) is 2.89. The van der Waals surface area contributed by atoms with E-state index in [-0.39, 0.29) is 0 Å². The summed E-state index contributed by atoms with van der Waals surface area (Å²) >= 11 is 0. The standard InChI is InChI=1S/C15H19N3O/c1-11-2-4-12(5-3-11)14-9-17-15(18-14)8-13-10-19-7-6-16-13/h2-5,9,13,16H,6-8,10H2,1H3,(H,17,18). The third kappa shape index (κ3) is 3.03. The lowest BCUT2D eigenvalue weighted by Gasteiger charge is -2.22. The first-order valence-electron chi connectivity index (χ1n) is 6.73. The second-order valence-electron chi connectivity index (χ2n) is 5.04. The Morgan fingerprint density at radius 2 is 2.16 bits per heavy atom. The molecule has 100 valence electrons. The van der Waals surface area contributed by atoms with Gasteiger partial charge in [0.15, 0.2) is 0 Å². The Labute approximate surface area is 113 Å². The molecule has 2 heterocycles. The second kappa shape index (κ2) is 5.55. The SMILES string of the molecule is Cc1ccc(-c2cnc(CC3COCCN3)[nH]2)cc1. The Hall–Kier alpha value is -1.65. The van der Waals surface area contributed by atoms with Crippen molar-refractivity contribution in [3.05, 3.63) is 41.9 Å². The fourth-order valence-corrected chi connectivity index (χ4v) is 2.33. The van der Waals surface area contributed by atoms with Crippen LogP contribution < -0.4 is 5.32 Å². The number of aromatic amines is 1. The van der Waals surface area contributed by atoms with Crippen molar-refractivity contribution in [2.24, 2.45) is 0 Å². The van der Waals surface area contributed by atoms with Gasteiger partial charge in [0.25, 0.3) is 0 Å². The maximum atomic E-state index is 5.45. The molecule has 2 aromatic rings. The van der Waals surface area contributed by atoms with E-state index in [1.54, 1.807) is 0 Å². The van der Waals surface area contributed by atoms with Crippen molar-refractivity contribution in [1.82, 2.24) is 15.3 Å². The van der Waals surface area contributed by atoms with E-state index < -0.39 is 0 Å². The smallest absolute Gasteiger partial charge is 0.108 e. The van der Waals surface area contributed by atoms with Crippen LogP contribution in [0.3, 0.4) is 0 Å². The Morgan fingerprint density at radius 3 is 2.89 bits per heavy atom. The molecule has 1 atom stereocenters. The van der Waals surface area contributed by atoms with Crippen LogP contribution in [0.5, 0.6) is 0 Å². The molecule has 4 heteroatoms. The van der Waals surface area contributed by atoms with Crippen LogP contribution in [-0.2, 0) is 11.2 Å². The zero-order chi connectivity index (χ0) is 13.1. The lowest BCUT2D eigenvalue weighted by molar-refractivity contribution is 0.0764. The quantitative estimate of drug-likeness (QED) is 0.883. The van der Waals surface area contributed by atoms with E-state index in [0.29, 0.717) is 6.04 Å². The van der Waals surface area contributed by atoms with Gasteiger partial charge in [-0.15, -0.1) is 0 Å². The highest BCUT2D eigenvalue weighted by atomic mass is 16.5. The van der Waals surface area contributed by atoms with Gasteiger partial charge >= 0.3 is 0 Å². The molecule has 1 fully saturated rings. The zero-order valence-electron chi connectivity index (χ0n) is 11.1. The zero-order valence-corrected chi connectivity index (χ0v) is 11.1. The summed E-state index contributed by atoms with van der Waals surface area (Å²) < 4.78 is 5.45. The Kier molecular flexibility index (Phi) is 3.62. The largest absolute Gasteiger partial charge is 0.379 e. The van der Waals surface area contributed by atoms with Crippen LogP contribution in [-0.4, -0.2) is 35.8 Å². The van der Waals surface area contributed by atoms with Gasteiger partial charge in [0, 0.05) is 19.0 Å². The molecule has 0 amide bonds. The Bertz CT molecular complexity index is 527. The van der Waals surface area contributed by atoms with Crippen molar-refractivity contribution >= 4 is 0 Å². The first-order chi connectivity index (χ1) is 9.31. The van der Waals surface area contributed by atoms with Crippen molar-refractivity contribution in [3.8, 4) is 11.3 Å². The number of hydrogen-bond acceptors (Lipinski definition) is 3. The van der Waals surface area contributed by atoms with Gasteiger partial charge in [-0.1, -0.05) is 29.8 Å². The molecule has 1 aromatic heterocycles. The minimum Gasteiger partial charge on any atom is -0.379 e. The molecule has 1 aliphatic heterocycles. The molecule has 1 aliphatic rings. The molecule has 0 saturated carbocycles. The number of morpholine rings is 1. The number of nitrogens with one attached hydrogen (secondary N) is 2. The van der Waals surface area contributed by atoms with Crippen molar-refractivity contribution in [3.63, 3.8) is 0 Å². The molecular formula is C15H19N3O. The van der Waals surface area contributed by atoms with Gasteiger partial charge in [-0.25, -0.2) is 4.98 Å². The normalized spacial score (nSPS) is 19.5. The molecule has 1 unspecified atom stereocenters. The van der Waals surface area contributed by atoms with Crippen molar-refractivity contribution < 1.29 is 4.74 Å². The fraction of sp³-hybridized carbons (Fsp3) is 0.400. The molecular weight excluding hydrogens is 238 g/mol. The first kappa shape index (κ1) is 12.4. The van der Waals surface area contributed by atoms with E-state index in [1.807, 2.05) is 6.20 Å². The van der Waals surface area contributed by atoms with Gasteiger partial charge in [-0.3, -0.25) is 0 Å². The summed E-state index contributed by atoms with van der Waals surface area (Å²) in [6.07, 6.45) is 2.79. The van der Waals surface area contributed by atoms with Crippen LogP contribution in [0.25, 0.3) is 11.3 Å². The molecule has 1 aromatic carbocycles. The summed E-state index contributed by atoms with van der Waals surface area (Å²) in [7, 11) is 0. The number of benzene rings is 1. The summed E-state index contributed by atoms with van der Waals surface area (Å²) in [5.74, 6) is 1.01. The van der Waals surface area contributed by atoms with Crippen LogP contribution >= 0.6 is 0 Å². The number of ether oxygens (including phenoxy) is 1. The summed E-state index contributed by atoms with van der Waals surface area (Å²) in [6, 6.07) is 8.84. The van der Waals surface area contributed by atoms with E-state index in [0.717, 1.165) is 37.7 Å². The number of rotatable bonds is 3. The monoisotopic (exact) mass is 257 g/mol. The predicted molar refractivity (Wildman–Crippen MR) is 75.1 cm³/mol. The molecule has 0 radical (unpaired) electrons. The topological polar surface area (TPSA) is 49.9 Å². The van der Waals surface area contributed by atoms with Gasteiger partial charge in [-0.2, -0.15) is 0 Å². The minimum absolute atomic E-state index is 0.366. The molecule has 0 bridgehead atoms. The van der Waals surface area contributed by atoms with Gasteiger partial charge < -0.3 is 15.0 Å². The van der Waals surface area contributed by atoms with Gasteiger partial charge in [-0.05, 0) is 12.5 Å². The summed E-state index contributed by atoms with van der Waals surface area (Å²) in [4.78, 5) is 7.85. The maximum absolute atomic E-state index is 5.45. The third-order valence-electron chi connectivity index (χ3n) is 3.43. The highest BCUT2D eigenvalue weighted by Crippen LogP contribution is 2.18. The molecule has 19 heavy (non-hydrogen) atoms.